The van der Waals surface area contributed by atoms with E-state index in [-0.39, 0.29) is 5.92 Å². The number of hydrogen-bond acceptors (Lipinski definition) is 6. The number of morpholine rings is 1. The monoisotopic (exact) mass is 390 g/mol. The van der Waals surface area contributed by atoms with E-state index in [1.807, 2.05) is 0 Å². The molecule has 0 bridgehead atoms. The highest BCUT2D eigenvalue weighted by molar-refractivity contribution is 5.50. The molecule has 5 rings (SSSR count). The van der Waals surface area contributed by atoms with Crippen molar-refractivity contribution in [1.82, 2.24) is 19.9 Å². The van der Waals surface area contributed by atoms with Crippen LogP contribution in [0.25, 0.3) is 0 Å². The van der Waals surface area contributed by atoms with Gasteiger partial charge in [-0.15, -0.1) is 0 Å². The largest absolute Gasteiger partial charge is 0.378 e. The number of rotatable bonds is 4. The fourth-order valence-electron chi connectivity index (χ4n) is 4.16. The van der Waals surface area contributed by atoms with Crippen molar-refractivity contribution in [2.24, 2.45) is 0 Å². The number of fused-ring (bicyclic) bond motifs is 1. The summed E-state index contributed by atoms with van der Waals surface area (Å²) in [5, 5.41) is 0. The van der Waals surface area contributed by atoms with Crippen LogP contribution in [0.4, 0.5) is 11.8 Å². The molecular formula is C22H26N6O. The number of nitrogens with one attached hydrogen (secondary N) is 1. The molecule has 150 valence electrons. The average Bonchev–Trinajstić information content (AvgIpc) is 3.28. The maximum Gasteiger partial charge on any atom is 0.227 e. The molecule has 1 N–H and O–H groups in total. The van der Waals surface area contributed by atoms with Crippen LogP contribution in [0.5, 0.6) is 0 Å². The molecule has 1 aromatic carbocycles. The van der Waals surface area contributed by atoms with E-state index in [4.69, 9.17) is 14.7 Å². The fourth-order valence-corrected chi connectivity index (χ4v) is 4.16. The van der Waals surface area contributed by atoms with Crippen LogP contribution in [-0.4, -0.2) is 52.8 Å². The first-order valence-electron chi connectivity index (χ1n) is 10.3. The zero-order valence-electron chi connectivity index (χ0n) is 16.7. The number of aromatic nitrogens is 4. The van der Waals surface area contributed by atoms with Crippen molar-refractivity contribution < 1.29 is 4.74 Å². The number of anilines is 2. The highest BCUT2D eigenvalue weighted by Gasteiger charge is 2.30. The Morgan fingerprint density at radius 1 is 1.10 bits per heavy atom. The Hall–Kier alpha value is -2.93. The van der Waals surface area contributed by atoms with Crippen molar-refractivity contribution in [2.45, 2.75) is 25.8 Å². The van der Waals surface area contributed by atoms with Gasteiger partial charge in [0, 0.05) is 37.3 Å². The van der Waals surface area contributed by atoms with Gasteiger partial charge in [0.05, 0.1) is 37.5 Å². The van der Waals surface area contributed by atoms with Crippen molar-refractivity contribution in [2.75, 3.05) is 42.6 Å². The molecule has 0 radical (unpaired) electrons. The van der Waals surface area contributed by atoms with Gasteiger partial charge in [-0.3, -0.25) is 0 Å². The molecule has 0 saturated carbocycles. The number of nitrogens with zero attached hydrogens (tertiary/aromatic N) is 5. The van der Waals surface area contributed by atoms with Crippen LogP contribution in [-0.2, 0) is 17.7 Å². The van der Waals surface area contributed by atoms with E-state index in [1.165, 1.54) is 5.56 Å². The van der Waals surface area contributed by atoms with Gasteiger partial charge in [0.2, 0.25) is 5.95 Å². The van der Waals surface area contributed by atoms with E-state index in [2.05, 4.69) is 63.1 Å². The molecule has 2 aliphatic heterocycles. The highest BCUT2D eigenvalue weighted by Crippen LogP contribution is 2.34. The van der Waals surface area contributed by atoms with E-state index in [0.717, 1.165) is 74.7 Å². The first-order valence-corrected chi connectivity index (χ1v) is 10.3. The van der Waals surface area contributed by atoms with Crippen LogP contribution in [0.15, 0.2) is 42.7 Å². The van der Waals surface area contributed by atoms with Gasteiger partial charge in [-0.25, -0.2) is 9.97 Å². The number of ether oxygens (including phenoxy) is 1. The standard InChI is InChI=1S/C22H26N6O/c1-2-17-12-20(26-22(25-17)27-8-10-29-11-9-27)28-13-18(16-6-4-3-5-7-16)21-19(14-28)23-15-24-21/h3-7,12,15,18H,2,8-11,13-14H2,1H3,(H,23,24). The quantitative estimate of drug-likeness (QED) is 0.739. The zero-order valence-corrected chi connectivity index (χ0v) is 16.7. The van der Waals surface area contributed by atoms with Crippen LogP contribution >= 0.6 is 0 Å². The number of aromatic amines is 1. The maximum absolute atomic E-state index is 5.50. The van der Waals surface area contributed by atoms with Gasteiger partial charge in [0.15, 0.2) is 0 Å². The lowest BCUT2D eigenvalue weighted by molar-refractivity contribution is 0.122. The SMILES string of the molecule is CCc1cc(N2Cc3[nH]cnc3C(c3ccccc3)C2)nc(N2CCOCC2)n1. The lowest BCUT2D eigenvalue weighted by Gasteiger charge is -2.34. The van der Waals surface area contributed by atoms with Gasteiger partial charge in [-0.1, -0.05) is 37.3 Å². The molecule has 0 amide bonds. The Kier molecular flexibility index (Phi) is 4.89. The molecule has 29 heavy (non-hydrogen) atoms. The van der Waals surface area contributed by atoms with Crippen molar-refractivity contribution in [3.63, 3.8) is 0 Å². The van der Waals surface area contributed by atoms with Gasteiger partial charge >= 0.3 is 0 Å². The summed E-state index contributed by atoms with van der Waals surface area (Å²) in [4.78, 5) is 22.3. The zero-order chi connectivity index (χ0) is 19.6. The molecule has 3 aromatic rings. The Morgan fingerprint density at radius 3 is 2.72 bits per heavy atom. The van der Waals surface area contributed by atoms with Gasteiger partial charge in [0.1, 0.15) is 5.82 Å². The summed E-state index contributed by atoms with van der Waals surface area (Å²) in [6.45, 7) is 6.91. The van der Waals surface area contributed by atoms with Crippen molar-refractivity contribution in [3.05, 3.63) is 65.4 Å². The van der Waals surface area contributed by atoms with Gasteiger partial charge in [0.25, 0.3) is 0 Å². The molecular weight excluding hydrogens is 364 g/mol. The normalized spacial score (nSPS) is 19.3. The Morgan fingerprint density at radius 2 is 1.93 bits per heavy atom. The third kappa shape index (κ3) is 3.58. The molecule has 2 aromatic heterocycles. The van der Waals surface area contributed by atoms with Crippen LogP contribution in [0.2, 0.25) is 0 Å². The molecule has 1 fully saturated rings. The summed E-state index contributed by atoms with van der Waals surface area (Å²) in [6, 6.07) is 12.7. The van der Waals surface area contributed by atoms with Gasteiger partial charge in [-0.2, -0.15) is 4.98 Å². The summed E-state index contributed by atoms with van der Waals surface area (Å²) in [7, 11) is 0. The summed E-state index contributed by atoms with van der Waals surface area (Å²) in [5.41, 5.74) is 4.66. The van der Waals surface area contributed by atoms with Crippen LogP contribution in [0, 0.1) is 0 Å². The average molecular weight is 390 g/mol. The number of aryl methyl sites for hydroxylation is 1. The van der Waals surface area contributed by atoms with E-state index >= 15 is 0 Å². The van der Waals surface area contributed by atoms with E-state index in [1.54, 1.807) is 6.33 Å². The molecule has 2 aliphatic rings. The summed E-state index contributed by atoms with van der Waals surface area (Å²) in [5.74, 6) is 2.02. The number of H-pyrrole nitrogens is 1. The second kappa shape index (κ2) is 7.83. The molecule has 1 atom stereocenters. The van der Waals surface area contributed by atoms with E-state index in [0.29, 0.717) is 0 Å². The summed E-state index contributed by atoms with van der Waals surface area (Å²) < 4.78 is 5.50. The molecule has 7 nitrogen and oxygen atoms in total. The van der Waals surface area contributed by atoms with Crippen LogP contribution in [0.1, 0.15) is 35.5 Å². The number of benzene rings is 1. The number of hydrogen-bond donors (Lipinski definition) is 1. The number of imidazole rings is 1. The highest BCUT2D eigenvalue weighted by atomic mass is 16.5. The fraction of sp³-hybridized carbons (Fsp3) is 0.409. The first kappa shape index (κ1) is 18.1. The third-order valence-electron chi connectivity index (χ3n) is 5.77. The van der Waals surface area contributed by atoms with E-state index < -0.39 is 0 Å². The molecule has 7 heteroatoms. The minimum atomic E-state index is 0.220. The smallest absolute Gasteiger partial charge is 0.227 e. The Balaban J connectivity index is 1.50. The van der Waals surface area contributed by atoms with E-state index in [9.17, 15) is 0 Å². The molecule has 4 heterocycles. The molecule has 0 spiro atoms. The topological polar surface area (TPSA) is 70.2 Å². The lowest BCUT2D eigenvalue weighted by Crippen LogP contribution is -2.39. The maximum atomic E-state index is 5.50. The summed E-state index contributed by atoms with van der Waals surface area (Å²) in [6.07, 6.45) is 2.69. The second-order valence-electron chi connectivity index (χ2n) is 7.58. The predicted octanol–water partition coefficient (Wildman–Crippen LogP) is 2.75. The minimum Gasteiger partial charge on any atom is -0.378 e. The van der Waals surface area contributed by atoms with Gasteiger partial charge in [-0.05, 0) is 12.0 Å². The van der Waals surface area contributed by atoms with Crippen molar-refractivity contribution >= 4 is 11.8 Å². The lowest BCUT2D eigenvalue weighted by atomic mass is 9.91. The van der Waals surface area contributed by atoms with Crippen LogP contribution < -0.4 is 9.80 Å². The Labute approximate surface area is 170 Å². The minimum absolute atomic E-state index is 0.220. The molecule has 1 saturated heterocycles. The van der Waals surface area contributed by atoms with Crippen molar-refractivity contribution in [1.29, 1.82) is 0 Å². The molecule has 0 aliphatic carbocycles. The van der Waals surface area contributed by atoms with Crippen molar-refractivity contribution in [3.8, 4) is 0 Å². The van der Waals surface area contributed by atoms with Crippen LogP contribution in [0.3, 0.4) is 0 Å². The first-order chi connectivity index (χ1) is 14.3. The Bertz CT molecular complexity index is 966. The third-order valence-corrected chi connectivity index (χ3v) is 5.77. The second-order valence-corrected chi connectivity index (χ2v) is 7.58. The van der Waals surface area contributed by atoms with Gasteiger partial charge < -0.3 is 19.5 Å². The predicted molar refractivity (Wildman–Crippen MR) is 112 cm³/mol. The summed E-state index contributed by atoms with van der Waals surface area (Å²) >= 11 is 0. The molecule has 1 unspecified atom stereocenters.